The van der Waals surface area contributed by atoms with Crippen LogP contribution in [0.2, 0.25) is 0 Å². The first-order valence-corrected chi connectivity index (χ1v) is 4.36. The number of nitrogens with one attached hydrogen (secondary N) is 2. The summed E-state index contributed by atoms with van der Waals surface area (Å²) >= 11 is 0. The maximum atomic E-state index is 10.3. The summed E-state index contributed by atoms with van der Waals surface area (Å²) in [5, 5.41) is 14.0. The molecule has 6 heteroatoms. The van der Waals surface area contributed by atoms with Crippen LogP contribution in [0, 0.1) is 11.3 Å². The van der Waals surface area contributed by atoms with Gasteiger partial charge >= 0.3 is 6.03 Å². The molecular weight excluding hydrogens is 194 g/mol. The molecule has 0 fully saturated rings. The molecule has 0 bridgehead atoms. The van der Waals surface area contributed by atoms with Crippen molar-refractivity contribution in [3.63, 3.8) is 0 Å². The summed E-state index contributed by atoms with van der Waals surface area (Å²) in [6, 6.07) is 6.47. The minimum atomic E-state index is -0.560. The van der Waals surface area contributed by atoms with Gasteiger partial charge in [-0.2, -0.15) is 5.26 Å². The number of urea groups is 1. The van der Waals surface area contributed by atoms with Gasteiger partial charge in [0, 0.05) is 13.1 Å². The first kappa shape index (κ1) is 10.8. The molecule has 2 amide bonds. The fourth-order valence-electron chi connectivity index (χ4n) is 0.972. The van der Waals surface area contributed by atoms with E-state index in [1.54, 1.807) is 18.2 Å². The zero-order valence-electron chi connectivity index (χ0n) is 8.03. The normalized spacial score (nSPS) is 9.00. The molecule has 1 rings (SSSR count). The Labute approximate surface area is 87.1 Å². The number of hydrogen-bond donors (Lipinski definition) is 3. The van der Waals surface area contributed by atoms with E-state index in [9.17, 15) is 4.79 Å². The summed E-state index contributed by atoms with van der Waals surface area (Å²) < 4.78 is 0. The van der Waals surface area contributed by atoms with Crippen LogP contribution in [-0.4, -0.2) is 24.1 Å². The number of aromatic nitrogens is 1. The number of pyridine rings is 1. The number of primary amides is 1. The molecule has 78 valence electrons. The molecule has 0 aliphatic heterocycles. The number of carbonyl (C=O) groups excluding carboxylic acids is 1. The van der Waals surface area contributed by atoms with Gasteiger partial charge in [0.15, 0.2) is 0 Å². The van der Waals surface area contributed by atoms with E-state index in [1.807, 2.05) is 6.07 Å². The lowest BCUT2D eigenvalue weighted by molar-refractivity contribution is 0.249. The van der Waals surface area contributed by atoms with Crippen LogP contribution in [0.1, 0.15) is 5.69 Å². The SMILES string of the molecule is N#Cc1cccc(NCCNC(N)=O)n1. The fourth-order valence-corrected chi connectivity index (χ4v) is 0.972. The first-order valence-electron chi connectivity index (χ1n) is 4.36. The van der Waals surface area contributed by atoms with E-state index in [0.29, 0.717) is 24.6 Å². The molecule has 6 nitrogen and oxygen atoms in total. The van der Waals surface area contributed by atoms with Gasteiger partial charge in [-0.25, -0.2) is 9.78 Å². The van der Waals surface area contributed by atoms with Crippen LogP contribution < -0.4 is 16.4 Å². The Morgan fingerprint density at radius 1 is 1.53 bits per heavy atom. The van der Waals surface area contributed by atoms with Crippen molar-refractivity contribution in [3.8, 4) is 6.07 Å². The molecule has 0 radical (unpaired) electrons. The van der Waals surface area contributed by atoms with Crippen LogP contribution in [0.15, 0.2) is 18.2 Å². The predicted molar refractivity (Wildman–Crippen MR) is 55.0 cm³/mol. The molecule has 0 unspecified atom stereocenters. The smallest absolute Gasteiger partial charge is 0.312 e. The third-order valence-electron chi connectivity index (χ3n) is 1.59. The highest BCUT2D eigenvalue weighted by atomic mass is 16.2. The minimum absolute atomic E-state index is 0.350. The van der Waals surface area contributed by atoms with Crippen LogP contribution in [0.25, 0.3) is 0 Å². The fraction of sp³-hybridized carbons (Fsp3) is 0.222. The van der Waals surface area contributed by atoms with E-state index in [0.717, 1.165) is 0 Å². The predicted octanol–water partition coefficient (Wildman–Crippen LogP) is 0.0335. The Morgan fingerprint density at radius 2 is 2.33 bits per heavy atom. The van der Waals surface area contributed by atoms with Crippen molar-refractivity contribution in [2.45, 2.75) is 0 Å². The highest BCUT2D eigenvalue weighted by molar-refractivity contribution is 5.71. The van der Waals surface area contributed by atoms with Crippen molar-refractivity contribution in [1.82, 2.24) is 10.3 Å². The number of nitrogens with two attached hydrogens (primary N) is 1. The summed E-state index contributed by atoms with van der Waals surface area (Å²) in [5.41, 5.74) is 5.23. The molecule has 0 saturated carbocycles. The van der Waals surface area contributed by atoms with E-state index >= 15 is 0 Å². The second kappa shape index (κ2) is 5.44. The maximum absolute atomic E-state index is 10.3. The van der Waals surface area contributed by atoms with E-state index in [4.69, 9.17) is 11.0 Å². The molecule has 0 aromatic carbocycles. The molecule has 4 N–H and O–H groups in total. The van der Waals surface area contributed by atoms with Crippen molar-refractivity contribution in [2.75, 3.05) is 18.4 Å². The zero-order chi connectivity index (χ0) is 11.1. The molecule has 0 atom stereocenters. The van der Waals surface area contributed by atoms with Crippen LogP contribution in [0.5, 0.6) is 0 Å². The lowest BCUT2D eigenvalue weighted by Crippen LogP contribution is -2.33. The Kier molecular flexibility index (Phi) is 3.91. The number of nitrogens with zero attached hydrogens (tertiary/aromatic N) is 2. The van der Waals surface area contributed by atoms with Crippen molar-refractivity contribution in [3.05, 3.63) is 23.9 Å². The zero-order valence-corrected chi connectivity index (χ0v) is 8.03. The van der Waals surface area contributed by atoms with Crippen LogP contribution >= 0.6 is 0 Å². The maximum Gasteiger partial charge on any atom is 0.312 e. The third kappa shape index (κ3) is 3.95. The van der Waals surface area contributed by atoms with Crippen molar-refractivity contribution in [2.24, 2.45) is 5.73 Å². The van der Waals surface area contributed by atoms with Gasteiger partial charge in [0.2, 0.25) is 0 Å². The van der Waals surface area contributed by atoms with Gasteiger partial charge in [-0.1, -0.05) is 6.07 Å². The molecule has 0 aliphatic rings. The Morgan fingerprint density at radius 3 is 3.00 bits per heavy atom. The molecule has 0 aliphatic carbocycles. The van der Waals surface area contributed by atoms with Crippen molar-refractivity contribution in [1.29, 1.82) is 5.26 Å². The number of hydrogen-bond acceptors (Lipinski definition) is 4. The summed E-state index contributed by atoms with van der Waals surface area (Å²) in [4.78, 5) is 14.3. The highest BCUT2D eigenvalue weighted by Crippen LogP contribution is 2.02. The third-order valence-corrected chi connectivity index (χ3v) is 1.59. The van der Waals surface area contributed by atoms with E-state index in [1.165, 1.54) is 0 Å². The van der Waals surface area contributed by atoms with E-state index in [2.05, 4.69) is 15.6 Å². The first-order chi connectivity index (χ1) is 7.22. The van der Waals surface area contributed by atoms with Crippen molar-refractivity contribution < 1.29 is 4.79 Å². The van der Waals surface area contributed by atoms with Crippen LogP contribution in [0.3, 0.4) is 0 Å². The molecule has 15 heavy (non-hydrogen) atoms. The summed E-state index contributed by atoms with van der Waals surface area (Å²) in [6.07, 6.45) is 0. The quantitative estimate of drug-likeness (QED) is 0.603. The van der Waals surface area contributed by atoms with Gasteiger partial charge in [0.1, 0.15) is 17.6 Å². The molecule has 1 heterocycles. The second-order valence-corrected chi connectivity index (χ2v) is 2.74. The number of carbonyl (C=O) groups is 1. The monoisotopic (exact) mass is 205 g/mol. The van der Waals surface area contributed by atoms with Gasteiger partial charge in [-0.15, -0.1) is 0 Å². The second-order valence-electron chi connectivity index (χ2n) is 2.74. The average Bonchev–Trinajstić information content (AvgIpc) is 2.24. The number of anilines is 1. The Hall–Kier alpha value is -2.29. The van der Waals surface area contributed by atoms with Gasteiger partial charge in [-0.05, 0) is 12.1 Å². The molecule has 0 spiro atoms. The Bertz CT molecular complexity index is 384. The van der Waals surface area contributed by atoms with Crippen LogP contribution in [-0.2, 0) is 0 Å². The van der Waals surface area contributed by atoms with Gasteiger partial charge in [-0.3, -0.25) is 0 Å². The number of nitriles is 1. The molecular formula is C9H11N5O. The summed E-state index contributed by atoms with van der Waals surface area (Å²) in [6.45, 7) is 0.915. The van der Waals surface area contributed by atoms with Crippen molar-refractivity contribution >= 4 is 11.8 Å². The topological polar surface area (TPSA) is 104 Å². The lowest BCUT2D eigenvalue weighted by Gasteiger charge is -2.05. The van der Waals surface area contributed by atoms with E-state index < -0.39 is 6.03 Å². The van der Waals surface area contributed by atoms with Gasteiger partial charge in [0.25, 0.3) is 0 Å². The molecule has 1 aromatic heterocycles. The largest absolute Gasteiger partial charge is 0.368 e. The summed E-state index contributed by atoms with van der Waals surface area (Å²) in [7, 11) is 0. The highest BCUT2D eigenvalue weighted by Gasteiger charge is 1.96. The van der Waals surface area contributed by atoms with Crippen LogP contribution in [0.4, 0.5) is 10.6 Å². The lowest BCUT2D eigenvalue weighted by atomic mass is 10.3. The standard InChI is InChI=1S/C9H11N5O/c10-6-7-2-1-3-8(14-7)12-4-5-13-9(11)15/h1-3H,4-5H2,(H,12,14)(H3,11,13,15). The Balaban J connectivity index is 2.38. The molecule has 0 saturated heterocycles. The van der Waals surface area contributed by atoms with E-state index in [-0.39, 0.29) is 0 Å². The summed E-state index contributed by atoms with van der Waals surface area (Å²) in [5.74, 6) is 0.598. The molecule has 1 aromatic rings. The number of rotatable bonds is 4. The van der Waals surface area contributed by atoms with Gasteiger partial charge in [0.05, 0.1) is 0 Å². The average molecular weight is 205 g/mol. The number of amides is 2. The van der Waals surface area contributed by atoms with Gasteiger partial charge < -0.3 is 16.4 Å². The minimum Gasteiger partial charge on any atom is -0.368 e.